The summed E-state index contributed by atoms with van der Waals surface area (Å²) in [6, 6.07) is 13.0. The number of nitrogens with zero attached hydrogens (tertiary/aromatic N) is 3. The fourth-order valence-corrected chi connectivity index (χ4v) is 8.82. The number of fused-ring (bicyclic) bond motifs is 7. The van der Waals surface area contributed by atoms with Crippen LogP contribution in [0.4, 0.5) is 5.69 Å². The lowest BCUT2D eigenvalue weighted by Crippen LogP contribution is -2.46. The highest BCUT2D eigenvalue weighted by molar-refractivity contribution is 5.99. The molecule has 3 aliphatic heterocycles. The van der Waals surface area contributed by atoms with E-state index >= 15 is 0 Å². The monoisotopic (exact) mass is 555 g/mol. The van der Waals surface area contributed by atoms with E-state index in [0.717, 1.165) is 57.3 Å². The molecule has 1 aliphatic carbocycles. The lowest BCUT2D eigenvalue weighted by Gasteiger charge is -2.37. The Bertz CT molecular complexity index is 1510. The van der Waals surface area contributed by atoms with Crippen LogP contribution < -0.4 is 4.90 Å². The van der Waals surface area contributed by atoms with E-state index < -0.39 is 11.9 Å². The number of carbonyl (C=O) groups is 2. The van der Waals surface area contributed by atoms with Crippen LogP contribution in [0, 0.1) is 6.92 Å². The Morgan fingerprint density at radius 1 is 0.951 bits per heavy atom. The number of rotatable bonds is 7. The lowest BCUT2D eigenvalue weighted by molar-refractivity contribution is -0.139. The third-order valence-corrected chi connectivity index (χ3v) is 10.8. The molecule has 2 bridgehead atoms. The first-order chi connectivity index (χ1) is 19.8. The zero-order valence-corrected chi connectivity index (χ0v) is 24.1. The smallest absolute Gasteiger partial charge is 0.335 e. The Hall–Kier alpha value is -3.32. The zero-order chi connectivity index (χ0) is 28.3. The fraction of sp³-hybridized carbons (Fsp3) is 0.529. The zero-order valence-electron chi connectivity index (χ0n) is 24.1. The third-order valence-electron chi connectivity index (χ3n) is 10.8. The number of carboxylic acids is 2. The predicted octanol–water partition coefficient (Wildman–Crippen LogP) is 6.65. The van der Waals surface area contributed by atoms with E-state index in [9.17, 15) is 19.8 Å². The average molecular weight is 556 g/mol. The summed E-state index contributed by atoms with van der Waals surface area (Å²) in [5, 5.41) is 20.7. The van der Waals surface area contributed by atoms with E-state index in [1.54, 1.807) is 6.07 Å². The summed E-state index contributed by atoms with van der Waals surface area (Å²) >= 11 is 0. The number of aromatic carboxylic acids is 1. The van der Waals surface area contributed by atoms with Crippen molar-refractivity contribution >= 4 is 28.5 Å². The van der Waals surface area contributed by atoms with Crippen molar-refractivity contribution in [2.75, 3.05) is 24.5 Å². The highest BCUT2D eigenvalue weighted by Crippen LogP contribution is 2.50. The van der Waals surface area contributed by atoms with E-state index in [1.807, 2.05) is 6.07 Å². The normalized spacial score (nSPS) is 24.4. The van der Waals surface area contributed by atoms with E-state index in [0.29, 0.717) is 17.5 Å². The second-order valence-corrected chi connectivity index (χ2v) is 13.0. The minimum atomic E-state index is -0.885. The molecule has 0 amide bonds. The molecule has 41 heavy (non-hydrogen) atoms. The Balaban J connectivity index is 1.31. The number of aromatic nitrogens is 1. The molecular weight excluding hydrogens is 514 g/mol. The van der Waals surface area contributed by atoms with Gasteiger partial charge in [-0.2, -0.15) is 0 Å². The van der Waals surface area contributed by atoms with Gasteiger partial charge >= 0.3 is 11.9 Å². The van der Waals surface area contributed by atoms with E-state index in [-0.39, 0.29) is 12.1 Å². The molecular formula is C34H41N3O4. The Kier molecular flexibility index (Phi) is 6.61. The predicted molar refractivity (Wildman–Crippen MR) is 161 cm³/mol. The second-order valence-electron chi connectivity index (χ2n) is 13.0. The molecule has 3 fully saturated rings. The molecule has 2 saturated heterocycles. The Morgan fingerprint density at radius 3 is 2.46 bits per heavy atom. The lowest BCUT2D eigenvalue weighted by atomic mass is 9.81. The van der Waals surface area contributed by atoms with Crippen LogP contribution in [0.3, 0.4) is 0 Å². The fourth-order valence-electron chi connectivity index (χ4n) is 8.82. The van der Waals surface area contributed by atoms with Crippen LogP contribution in [-0.4, -0.2) is 62.8 Å². The molecule has 7 nitrogen and oxygen atoms in total. The highest BCUT2D eigenvalue weighted by Gasteiger charge is 2.51. The third kappa shape index (κ3) is 4.44. The van der Waals surface area contributed by atoms with Gasteiger partial charge in [-0.3, -0.25) is 9.69 Å². The number of aryl methyl sites for hydroxylation is 1. The maximum Gasteiger partial charge on any atom is 0.335 e. The molecule has 7 rings (SSSR count). The van der Waals surface area contributed by atoms with Crippen LogP contribution in [0.5, 0.6) is 0 Å². The average Bonchev–Trinajstić information content (AvgIpc) is 3.55. The van der Waals surface area contributed by atoms with E-state index in [4.69, 9.17) is 0 Å². The summed E-state index contributed by atoms with van der Waals surface area (Å²) < 4.78 is 2.41. The first kappa shape index (κ1) is 26.6. The number of hydrogen-bond acceptors (Lipinski definition) is 4. The van der Waals surface area contributed by atoms with Crippen LogP contribution in [-0.2, 0) is 11.3 Å². The first-order valence-electron chi connectivity index (χ1n) is 15.6. The van der Waals surface area contributed by atoms with Crippen LogP contribution >= 0.6 is 0 Å². The summed E-state index contributed by atoms with van der Waals surface area (Å²) in [6.45, 7) is 4.83. The standard InChI is InChI=1S/C34H41N3O4/c1-22-7-9-27-28(19-22)35(16-15-34-13-11-25(12-14-34)37(34)21-30(38)39)17-18-36-29-20-24(33(40)41)8-10-26(29)31(32(27)36)23-5-3-2-4-6-23/h7-10,19-20,23,25H,2-6,11-18,21H2,1H3,(H,38,39)(H,40,41). The Morgan fingerprint density at radius 2 is 1.73 bits per heavy atom. The van der Waals surface area contributed by atoms with Crippen LogP contribution in [0.15, 0.2) is 36.4 Å². The quantitative estimate of drug-likeness (QED) is 0.339. The summed E-state index contributed by atoms with van der Waals surface area (Å²) in [5.74, 6) is -1.12. The van der Waals surface area contributed by atoms with Gasteiger partial charge in [-0.25, -0.2) is 4.79 Å². The number of aliphatic carboxylic acids is 1. The van der Waals surface area contributed by atoms with Gasteiger partial charge in [0.05, 0.1) is 17.8 Å². The number of hydrogen-bond donors (Lipinski definition) is 2. The van der Waals surface area contributed by atoms with Gasteiger partial charge in [-0.15, -0.1) is 0 Å². The van der Waals surface area contributed by atoms with Gasteiger partial charge in [0.2, 0.25) is 0 Å². The van der Waals surface area contributed by atoms with Crippen molar-refractivity contribution in [3.63, 3.8) is 0 Å². The molecule has 0 spiro atoms. The molecule has 7 heteroatoms. The van der Waals surface area contributed by atoms with Gasteiger partial charge in [0.15, 0.2) is 0 Å². The van der Waals surface area contributed by atoms with Gasteiger partial charge in [0.1, 0.15) is 0 Å². The minimum absolute atomic E-state index is 0.00891. The summed E-state index contributed by atoms with van der Waals surface area (Å²) in [5.41, 5.74) is 7.79. The molecule has 2 aromatic carbocycles. The summed E-state index contributed by atoms with van der Waals surface area (Å²) in [6.07, 6.45) is 11.5. The highest BCUT2D eigenvalue weighted by atomic mass is 16.4. The molecule has 0 atom stereocenters. The van der Waals surface area contributed by atoms with Gasteiger partial charge in [0, 0.05) is 53.4 Å². The van der Waals surface area contributed by atoms with Gasteiger partial charge in [-0.05, 0) is 87.1 Å². The number of carboxylic acid groups (broad SMARTS) is 2. The SMILES string of the molecule is Cc1ccc2c(c1)N(CCC13CCC(CC1)N3CC(=O)O)CCn1c-2c(C2CCCCC2)c2ccc(C(=O)O)cc21. The molecule has 0 unspecified atom stereocenters. The maximum atomic E-state index is 12.0. The van der Waals surface area contributed by atoms with E-state index in [1.165, 1.54) is 65.6 Å². The van der Waals surface area contributed by atoms with Crippen molar-refractivity contribution in [1.82, 2.24) is 9.47 Å². The molecule has 1 aromatic heterocycles. The van der Waals surface area contributed by atoms with Crippen molar-refractivity contribution in [1.29, 1.82) is 0 Å². The van der Waals surface area contributed by atoms with Gasteiger partial charge in [0.25, 0.3) is 0 Å². The maximum absolute atomic E-state index is 12.0. The Labute approximate surface area is 241 Å². The molecule has 4 heterocycles. The number of anilines is 1. The number of benzene rings is 2. The molecule has 3 aromatic rings. The molecule has 0 radical (unpaired) electrons. The topological polar surface area (TPSA) is 86.0 Å². The van der Waals surface area contributed by atoms with Crippen LogP contribution in [0.25, 0.3) is 22.2 Å². The molecule has 216 valence electrons. The molecule has 1 saturated carbocycles. The summed E-state index contributed by atoms with van der Waals surface area (Å²) in [7, 11) is 0. The minimum Gasteiger partial charge on any atom is -0.480 e. The van der Waals surface area contributed by atoms with Gasteiger partial charge in [-0.1, -0.05) is 37.5 Å². The van der Waals surface area contributed by atoms with Crippen molar-refractivity contribution < 1.29 is 19.8 Å². The largest absolute Gasteiger partial charge is 0.480 e. The van der Waals surface area contributed by atoms with E-state index in [2.05, 4.69) is 45.6 Å². The van der Waals surface area contributed by atoms with Crippen molar-refractivity contribution in [2.45, 2.75) is 95.2 Å². The second kappa shape index (κ2) is 10.2. The van der Waals surface area contributed by atoms with Crippen molar-refractivity contribution in [3.8, 4) is 11.3 Å². The molecule has 4 aliphatic rings. The first-order valence-corrected chi connectivity index (χ1v) is 15.6. The molecule has 2 N–H and O–H groups in total. The van der Waals surface area contributed by atoms with Crippen LogP contribution in [0.1, 0.15) is 91.6 Å². The van der Waals surface area contributed by atoms with Crippen LogP contribution in [0.2, 0.25) is 0 Å². The van der Waals surface area contributed by atoms with Crippen molar-refractivity contribution in [2.24, 2.45) is 0 Å². The summed E-state index contributed by atoms with van der Waals surface area (Å²) in [4.78, 5) is 28.5. The van der Waals surface area contributed by atoms with Gasteiger partial charge < -0.3 is 19.7 Å². The van der Waals surface area contributed by atoms with Crippen molar-refractivity contribution in [3.05, 3.63) is 53.1 Å².